The molecular weight excluding hydrogens is 257 g/mol. The van der Waals surface area contributed by atoms with Crippen molar-refractivity contribution >= 4 is 16.8 Å². The maximum absolute atomic E-state index is 14.0. The number of para-hydroxylation sites is 1. The van der Waals surface area contributed by atoms with E-state index in [1.807, 2.05) is 0 Å². The fourth-order valence-electron chi connectivity index (χ4n) is 2.63. The molecule has 0 atom stereocenters. The lowest BCUT2D eigenvalue weighted by molar-refractivity contribution is 0.0828. The van der Waals surface area contributed by atoms with E-state index < -0.39 is 0 Å². The van der Waals surface area contributed by atoms with Crippen molar-refractivity contribution in [3.05, 3.63) is 40.8 Å². The Morgan fingerprint density at radius 1 is 1.40 bits per heavy atom. The van der Waals surface area contributed by atoms with Crippen molar-refractivity contribution in [1.29, 1.82) is 0 Å². The second-order valence-corrected chi connectivity index (χ2v) is 5.17. The van der Waals surface area contributed by atoms with Gasteiger partial charge in [-0.1, -0.05) is 12.1 Å². The summed E-state index contributed by atoms with van der Waals surface area (Å²) < 4.78 is 14.0. The first-order valence-corrected chi connectivity index (χ1v) is 6.62. The van der Waals surface area contributed by atoms with Crippen molar-refractivity contribution in [3.8, 4) is 0 Å². The molecule has 20 heavy (non-hydrogen) atoms. The summed E-state index contributed by atoms with van der Waals surface area (Å²) in [7, 11) is 3.41. The van der Waals surface area contributed by atoms with Gasteiger partial charge >= 0.3 is 0 Å². The summed E-state index contributed by atoms with van der Waals surface area (Å²) in [4.78, 5) is 18.4. The average Bonchev–Trinajstić information content (AvgIpc) is 2.45. The molecule has 0 saturated heterocycles. The highest BCUT2D eigenvalue weighted by atomic mass is 19.1. The van der Waals surface area contributed by atoms with Gasteiger partial charge < -0.3 is 10.2 Å². The highest BCUT2D eigenvalue weighted by Crippen LogP contribution is 2.28. The molecule has 1 aromatic carbocycles. The summed E-state index contributed by atoms with van der Waals surface area (Å²) in [5.41, 5.74) is 2.58. The zero-order valence-electron chi connectivity index (χ0n) is 11.5. The second-order valence-electron chi connectivity index (χ2n) is 5.17. The molecule has 0 aliphatic carbocycles. The maximum Gasteiger partial charge on any atom is 0.254 e. The summed E-state index contributed by atoms with van der Waals surface area (Å²) >= 11 is 0. The Bertz CT molecular complexity index is 697. The highest BCUT2D eigenvalue weighted by Gasteiger charge is 2.24. The van der Waals surface area contributed by atoms with Crippen LogP contribution in [0.25, 0.3) is 10.9 Å². The molecule has 1 aromatic heterocycles. The molecule has 0 fully saturated rings. The zero-order chi connectivity index (χ0) is 14.3. The van der Waals surface area contributed by atoms with Crippen LogP contribution < -0.4 is 5.32 Å². The molecular formula is C15H16FN3O. The summed E-state index contributed by atoms with van der Waals surface area (Å²) in [6.07, 6.45) is 0.716. The number of nitrogens with one attached hydrogen (secondary N) is 1. The van der Waals surface area contributed by atoms with Gasteiger partial charge in [0.05, 0.1) is 5.56 Å². The molecule has 4 nitrogen and oxygen atoms in total. The van der Waals surface area contributed by atoms with Gasteiger partial charge in [0.1, 0.15) is 11.3 Å². The number of hydrogen-bond acceptors (Lipinski definition) is 3. The Labute approximate surface area is 116 Å². The van der Waals surface area contributed by atoms with E-state index in [1.54, 1.807) is 26.2 Å². The van der Waals surface area contributed by atoms with Crippen LogP contribution in [0.3, 0.4) is 0 Å². The first-order chi connectivity index (χ1) is 9.59. The minimum absolute atomic E-state index is 0.108. The molecule has 3 rings (SSSR count). The predicted molar refractivity (Wildman–Crippen MR) is 75.1 cm³/mol. The molecule has 0 bridgehead atoms. The predicted octanol–water partition coefficient (Wildman–Crippen LogP) is 1.72. The quantitative estimate of drug-likeness (QED) is 0.860. The third kappa shape index (κ3) is 1.94. The topological polar surface area (TPSA) is 45.2 Å². The van der Waals surface area contributed by atoms with E-state index >= 15 is 0 Å². The fraction of sp³-hybridized carbons (Fsp3) is 0.333. The Hall–Kier alpha value is -2.01. The van der Waals surface area contributed by atoms with Crippen LogP contribution in [0.1, 0.15) is 21.6 Å². The number of pyridine rings is 1. The van der Waals surface area contributed by atoms with Gasteiger partial charge in [0, 0.05) is 50.2 Å². The minimum atomic E-state index is -0.378. The van der Waals surface area contributed by atoms with Crippen molar-refractivity contribution in [2.24, 2.45) is 0 Å². The number of carbonyl (C=O) groups is 1. The van der Waals surface area contributed by atoms with Crippen LogP contribution in [0, 0.1) is 5.82 Å². The molecule has 1 amide bonds. The molecule has 0 saturated carbocycles. The molecule has 1 aliphatic rings. The standard InChI is InChI=1S/C15H16FN3O/c1-19(2)15(20)13-9-4-3-5-11(16)14(9)18-12-6-7-17-8-10(12)13/h3-5,17H,6-8H2,1-2H3. The monoisotopic (exact) mass is 273 g/mol. The normalized spacial score (nSPS) is 14.2. The molecule has 2 heterocycles. The van der Waals surface area contributed by atoms with E-state index in [9.17, 15) is 9.18 Å². The summed E-state index contributed by atoms with van der Waals surface area (Å²) in [6.45, 7) is 1.40. The lowest BCUT2D eigenvalue weighted by Gasteiger charge is -2.22. The van der Waals surface area contributed by atoms with E-state index in [2.05, 4.69) is 10.3 Å². The number of amides is 1. The largest absolute Gasteiger partial charge is 0.345 e. The lowest BCUT2D eigenvalue weighted by Crippen LogP contribution is -2.30. The van der Waals surface area contributed by atoms with Gasteiger partial charge in [0.15, 0.2) is 0 Å². The molecule has 0 radical (unpaired) electrons. The summed E-state index contributed by atoms with van der Waals surface area (Å²) in [5, 5.41) is 3.84. The smallest absolute Gasteiger partial charge is 0.254 e. The number of halogens is 1. The third-order valence-electron chi connectivity index (χ3n) is 3.61. The summed E-state index contributed by atoms with van der Waals surface area (Å²) in [6, 6.07) is 4.76. The average molecular weight is 273 g/mol. The van der Waals surface area contributed by atoms with Crippen molar-refractivity contribution in [2.45, 2.75) is 13.0 Å². The number of nitrogens with zero attached hydrogens (tertiary/aromatic N) is 2. The number of rotatable bonds is 1. The SMILES string of the molecule is CN(C)C(=O)c1c2c(nc3c(F)cccc13)CCNC2. The van der Waals surface area contributed by atoms with E-state index in [4.69, 9.17) is 0 Å². The second kappa shape index (κ2) is 4.83. The maximum atomic E-state index is 14.0. The van der Waals surface area contributed by atoms with Gasteiger partial charge in [0.25, 0.3) is 5.91 Å². The Morgan fingerprint density at radius 3 is 2.95 bits per heavy atom. The number of fused-ring (bicyclic) bond motifs is 2. The molecule has 1 N–H and O–H groups in total. The van der Waals surface area contributed by atoms with Crippen molar-refractivity contribution in [1.82, 2.24) is 15.2 Å². The van der Waals surface area contributed by atoms with Crippen LogP contribution in [0.4, 0.5) is 4.39 Å². The number of carbonyl (C=O) groups excluding carboxylic acids is 1. The van der Waals surface area contributed by atoms with Gasteiger partial charge in [-0.05, 0) is 6.07 Å². The van der Waals surface area contributed by atoms with Gasteiger partial charge in [-0.15, -0.1) is 0 Å². The van der Waals surface area contributed by atoms with E-state index in [0.717, 1.165) is 17.8 Å². The molecule has 5 heteroatoms. The first-order valence-electron chi connectivity index (χ1n) is 6.62. The van der Waals surface area contributed by atoms with Gasteiger partial charge in [-0.3, -0.25) is 4.79 Å². The van der Waals surface area contributed by atoms with Gasteiger partial charge in [-0.2, -0.15) is 0 Å². The molecule has 104 valence electrons. The van der Waals surface area contributed by atoms with Crippen LogP contribution in [-0.4, -0.2) is 36.4 Å². The molecule has 1 aliphatic heterocycles. The molecule has 0 spiro atoms. The van der Waals surface area contributed by atoms with Gasteiger partial charge in [-0.25, -0.2) is 9.37 Å². The number of aromatic nitrogens is 1. The van der Waals surface area contributed by atoms with E-state index in [1.165, 1.54) is 11.0 Å². The minimum Gasteiger partial charge on any atom is -0.345 e. The molecule has 0 unspecified atom stereocenters. The Morgan fingerprint density at radius 2 is 2.20 bits per heavy atom. The third-order valence-corrected chi connectivity index (χ3v) is 3.61. The van der Waals surface area contributed by atoms with Crippen LogP contribution in [0.15, 0.2) is 18.2 Å². The number of benzene rings is 1. The zero-order valence-corrected chi connectivity index (χ0v) is 11.5. The van der Waals surface area contributed by atoms with Gasteiger partial charge in [0.2, 0.25) is 0 Å². The first kappa shape index (κ1) is 13.0. The van der Waals surface area contributed by atoms with Crippen LogP contribution in [0.2, 0.25) is 0 Å². The van der Waals surface area contributed by atoms with E-state index in [0.29, 0.717) is 29.4 Å². The Balaban J connectivity index is 2.38. The fourth-order valence-corrected chi connectivity index (χ4v) is 2.63. The van der Waals surface area contributed by atoms with E-state index in [-0.39, 0.29) is 11.7 Å². The van der Waals surface area contributed by atoms with Crippen molar-refractivity contribution < 1.29 is 9.18 Å². The highest BCUT2D eigenvalue weighted by molar-refractivity contribution is 6.07. The molecule has 2 aromatic rings. The van der Waals surface area contributed by atoms with Crippen LogP contribution >= 0.6 is 0 Å². The summed E-state index contributed by atoms with van der Waals surface area (Å²) in [5.74, 6) is -0.486. The van der Waals surface area contributed by atoms with Crippen LogP contribution in [-0.2, 0) is 13.0 Å². The number of hydrogen-bond donors (Lipinski definition) is 1. The van der Waals surface area contributed by atoms with Crippen molar-refractivity contribution in [2.75, 3.05) is 20.6 Å². The Kier molecular flexibility index (Phi) is 3.14. The van der Waals surface area contributed by atoms with Crippen molar-refractivity contribution in [3.63, 3.8) is 0 Å². The van der Waals surface area contributed by atoms with Crippen LogP contribution in [0.5, 0.6) is 0 Å². The lowest BCUT2D eigenvalue weighted by atomic mass is 9.96.